The molecule has 1 aromatic carbocycles. The molecule has 0 aliphatic rings. The Morgan fingerprint density at radius 3 is 2.87 bits per heavy atom. The first-order chi connectivity index (χ1) is 7.17. The van der Waals surface area contributed by atoms with Gasteiger partial charge in [-0.2, -0.15) is 0 Å². The minimum absolute atomic E-state index is 0.221. The summed E-state index contributed by atoms with van der Waals surface area (Å²) in [5.74, 6) is -0.244. The first-order valence-electron chi connectivity index (χ1n) is 4.89. The van der Waals surface area contributed by atoms with E-state index < -0.39 is 0 Å². The Morgan fingerprint density at radius 2 is 2.33 bits per heavy atom. The quantitative estimate of drug-likeness (QED) is 0.762. The molecule has 0 radical (unpaired) electrons. The molecule has 0 bridgehead atoms. The van der Waals surface area contributed by atoms with Crippen molar-refractivity contribution in [2.24, 2.45) is 0 Å². The van der Waals surface area contributed by atoms with Gasteiger partial charge in [0.15, 0.2) is 0 Å². The van der Waals surface area contributed by atoms with E-state index in [1.807, 2.05) is 13.1 Å². The number of halogens is 2. The SMILES string of the molecule is C=CCC(Cc1ccc(Cl)cc1F)NC. The molecule has 0 saturated heterocycles. The average Bonchev–Trinajstić information content (AvgIpc) is 2.21. The van der Waals surface area contributed by atoms with Gasteiger partial charge in [0, 0.05) is 11.1 Å². The Hall–Kier alpha value is -0.860. The van der Waals surface area contributed by atoms with Gasteiger partial charge in [0.25, 0.3) is 0 Å². The van der Waals surface area contributed by atoms with E-state index in [-0.39, 0.29) is 11.9 Å². The minimum Gasteiger partial charge on any atom is -0.316 e. The lowest BCUT2D eigenvalue weighted by Crippen LogP contribution is -2.27. The maximum absolute atomic E-state index is 13.4. The van der Waals surface area contributed by atoms with Gasteiger partial charge in [-0.25, -0.2) is 4.39 Å². The molecule has 1 unspecified atom stereocenters. The first-order valence-corrected chi connectivity index (χ1v) is 5.27. The van der Waals surface area contributed by atoms with Crippen molar-refractivity contribution in [3.63, 3.8) is 0 Å². The number of nitrogens with one attached hydrogen (secondary N) is 1. The second kappa shape index (κ2) is 5.89. The predicted molar refractivity (Wildman–Crippen MR) is 62.8 cm³/mol. The lowest BCUT2D eigenvalue weighted by Gasteiger charge is -2.14. The van der Waals surface area contributed by atoms with Crippen molar-refractivity contribution in [1.82, 2.24) is 5.32 Å². The van der Waals surface area contributed by atoms with Crippen LogP contribution < -0.4 is 5.32 Å². The Morgan fingerprint density at radius 1 is 1.60 bits per heavy atom. The van der Waals surface area contributed by atoms with Crippen LogP contribution in [0.3, 0.4) is 0 Å². The van der Waals surface area contributed by atoms with Gasteiger partial charge in [0.05, 0.1) is 0 Å². The molecule has 0 amide bonds. The lowest BCUT2D eigenvalue weighted by atomic mass is 10.0. The summed E-state index contributed by atoms with van der Waals surface area (Å²) < 4.78 is 13.4. The second-order valence-electron chi connectivity index (χ2n) is 3.45. The lowest BCUT2D eigenvalue weighted by molar-refractivity contribution is 0.539. The molecule has 0 spiro atoms. The van der Waals surface area contributed by atoms with E-state index in [9.17, 15) is 4.39 Å². The fourth-order valence-corrected chi connectivity index (χ4v) is 1.62. The highest BCUT2D eigenvalue weighted by molar-refractivity contribution is 6.30. The second-order valence-corrected chi connectivity index (χ2v) is 3.89. The Labute approximate surface area is 95.0 Å². The van der Waals surface area contributed by atoms with E-state index in [0.717, 1.165) is 6.42 Å². The van der Waals surface area contributed by atoms with Crippen LogP contribution in [0.2, 0.25) is 5.02 Å². The molecule has 0 aliphatic heterocycles. The zero-order valence-electron chi connectivity index (χ0n) is 8.76. The van der Waals surface area contributed by atoms with Crippen molar-refractivity contribution in [3.05, 3.63) is 47.3 Å². The number of hydrogen-bond acceptors (Lipinski definition) is 1. The summed E-state index contributed by atoms with van der Waals surface area (Å²) in [4.78, 5) is 0. The molecule has 1 N–H and O–H groups in total. The predicted octanol–water partition coefficient (Wildman–Crippen LogP) is 3.19. The number of hydrogen-bond donors (Lipinski definition) is 1. The minimum atomic E-state index is -0.244. The van der Waals surface area contributed by atoms with Crippen molar-refractivity contribution in [2.45, 2.75) is 18.9 Å². The summed E-state index contributed by atoms with van der Waals surface area (Å²) in [7, 11) is 1.86. The van der Waals surface area contributed by atoms with Crippen LogP contribution in [0.5, 0.6) is 0 Å². The zero-order valence-corrected chi connectivity index (χ0v) is 9.52. The number of likely N-dealkylation sites (N-methyl/N-ethyl adjacent to an activating group) is 1. The molecular formula is C12H15ClFN. The van der Waals surface area contributed by atoms with Crippen molar-refractivity contribution >= 4 is 11.6 Å². The number of rotatable bonds is 5. The Bertz CT molecular complexity index is 338. The van der Waals surface area contributed by atoms with Crippen LogP contribution in [0, 0.1) is 5.82 Å². The summed E-state index contributed by atoms with van der Waals surface area (Å²) in [6.07, 6.45) is 3.29. The van der Waals surface area contributed by atoms with Crippen LogP contribution in [-0.2, 0) is 6.42 Å². The molecule has 0 saturated carbocycles. The maximum atomic E-state index is 13.4. The topological polar surface area (TPSA) is 12.0 Å². The van der Waals surface area contributed by atoms with E-state index >= 15 is 0 Å². The van der Waals surface area contributed by atoms with Gasteiger partial charge < -0.3 is 5.32 Å². The monoisotopic (exact) mass is 227 g/mol. The normalized spacial score (nSPS) is 12.5. The standard InChI is InChI=1S/C12H15ClFN/c1-3-4-11(15-2)7-9-5-6-10(13)8-12(9)14/h3,5-6,8,11,15H,1,4,7H2,2H3. The summed E-state index contributed by atoms with van der Waals surface area (Å²) in [6.45, 7) is 3.67. The highest BCUT2D eigenvalue weighted by atomic mass is 35.5. The van der Waals surface area contributed by atoms with E-state index in [1.165, 1.54) is 6.07 Å². The van der Waals surface area contributed by atoms with E-state index in [0.29, 0.717) is 17.0 Å². The molecule has 15 heavy (non-hydrogen) atoms. The molecule has 0 fully saturated rings. The zero-order chi connectivity index (χ0) is 11.3. The van der Waals surface area contributed by atoms with Crippen LogP contribution in [0.1, 0.15) is 12.0 Å². The van der Waals surface area contributed by atoms with Gasteiger partial charge in [-0.15, -0.1) is 6.58 Å². The summed E-state index contributed by atoms with van der Waals surface area (Å²) in [5.41, 5.74) is 0.681. The summed E-state index contributed by atoms with van der Waals surface area (Å²) >= 11 is 5.68. The van der Waals surface area contributed by atoms with E-state index in [2.05, 4.69) is 11.9 Å². The van der Waals surface area contributed by atoms with Crippen LogP contribution >= 0.6 is 11.6 Å². The molecule has 3 heteroatoms. The van der Waals surface area contributed by atoms with Gasteiger partial charge in [0.2, 0.25) is 0 Å². The van der Waals surface area contributed by atoms with Gasteiger partial charge in [-0.3, -0.25) is 0 Å². The summed E-state index contributed by atoms with van der Waals surface area (Å²) in [6, 6.07) is 5.00. The first kappa shape index (κ1) is 12.2. The third-order valence-corrected chi connectivity index (χ3v) is 2.58. The van der Waals surface area contributed by atoms with Crippen LogP contribution in [-0.4, -0.2) is 13.1 Å². The molecular weight excluding hydrogens is 213 g/mol. The van der Waals surface area contributed by atoms with Crippen LogP contribution in [0.25, 0.3) is 0 Å². The highest BCUT2D eigenvalue weighted by Crippen LogP contribution is 2.16. The molecule has 1 nitrogen and oxygen atoms in total. The van der Waals surface area contributed by atoms with Crippen molar-refractivity contribution in [3.8, 4) is 0 Å². The Balaban J connectivity index is 2.74. The fraction of sp³-hybridized carbons (Fsp3) is 0.333. The largest absolute Gasteiger partial charge is 0.316 e. The molecule has 0 aromatic heterocycles. The van der Waals surface area contributed by atoms with Gasteiger partial charge in [0.1, 0.15) is 5.82 Å². The van der Waals surface area contributed by atoms with E-state index in [1.54, 1.807) is 12.1 Å². The molecule has 1 rings (SSSR count). The molecule has 1 aromatic rings. The fourth-order valence-electron chi connectivity index (χ4n) is 1.46. The van der Waals surface area contributed by atoms with Gasteiger partial charge in [-0.1, -0.05) is 23.7 Å². The van der Waals surface area contributed by atoms with E-state index in [4.69, 9.17) is 11.6 Å². The highest BCUT2D eigenvalue weighted by Gasteiger charge is 2.09. The smallest absolute Gasteiger partial charge is 0.127 e. The molecule has 0 aliphatic carbocycles. The summed E-state index contributed by atoms with van der Waals surface area (Å²) in [5, 5.41) is 3.55. The Kier molecular flexibility index (Phi) is 4.79. The maximum Gasteiger partial charge on any atom is 0.127 e. The van der Waals surface area contributed by atoms with Crippen molar-refractivity contribution in [2.75, 3.05) is 7.05 Å². The average molecular weight is 228 g/mol. The van der Waals surface area contributed by atoms with Gasteiger partial charge in [-0.05, 0) is 37.6 Å². The van der Waals surface area contributed by atoms with Crippen molar-refractivity contribution in [1.29, 1.82) is 0 Å². The van der Waals surface area contributed by atoms with Crippen molar-refractivity contribution < 1.29 is 4.39 Å². The third kappa shape index (κ3) is 3.65. The van der Waals surface area contributed by atoms with Crippen LogP contribution in [0.4, 0.5) is 4.39 Å². The third-order valence-electron chi connectivity index (χ3n) is 2.34. The number of benzene rings is 1. The van der Waals surface area contributed by atoms with Gasteiger partial charge >= 0.3 is 0 Å². The van der Waals surface area contributed by atoms with Crippen LogP contribution in [0.15, 0.2) is 30.9 Å². The molecule has 0 heterocycles. The molecule has 1 atom stereocenters. The molecule has 82 valence electrons.